The second-order valence-corrected chi connectivity index (χ2v) is 40.1. The Morgan fingerprint density at radius 2 is 0.730 bits per heavy atom. The largest absolute Gasteiger partial charge is 1.00 e. The van der Waals surface area contributed by atoms with E-state index in [0.717, 1.165) is 89.4 Å². The number of benzene rings is 4. The molecule has 18 atom stereocenters. The summed E-state index contributed by atoms with van der Waals surface area (Å²) in [5, 5.41) is 38.9. The molecule has 26 heteroatoms. The predicted molar refractivity (Wildman–Crippen MR) is 472 cm³/mol. The summed E-state index contributed by atoms with van der Waals surface area (Å²) in [5.41, 5.74) is 5.39. The number of alkyl halides is 1. The molecule has 0 bridgehead atoms. The van der Waals surface area contributed by atoms with Crippen molar-refractivity contribution >= 4 is 86.2 Å². The van der Waals surface area contributed by atoms with Crippen LogP contribution in [0.5, 0.6) is 23.0 Å². The van der Waals surface area contributed by atoms with Gasteiger partial charge in [-0.2, -0.15) is 0 Å². The van der Waals surface area contributed by atoms with Crippen molar-refractivity contribution < 1.29 is 117 Å². The Bertz CT molecular complexity index is 4270. The minimum atomic E-state index is -1.17. The summed E-state index contributed by atoms with van der Waals surface area (Å²) >= 11 is 27.0. The summed E-state index contributed by atoms with van der Waals surface area (Å²) in [6.45, 7) is 31.5. The molecule has 9 saturated carbocycles. The smallest absolute Gasteiger partial charge is 0.870 e. The SMILES string of the molecule is C=C1CCC2[C@]3(C)CO[C@@H](C4CCCC4)O[C@@H]3CC[C@@]2(C)[C@@H]1CCBr.C=C1CCC2[C@]3(C)CO[C@@H](C4CCCC4)O[C@@H]3CC[C@@]2(C)[C@@H]1CCOc1cc(Cl)ccc1C(=O)O.C=C1CCC2[C@]3(C)CO[C@@H](C4CCCC4)O[C@@H]3CC[C@@]2(C)[C@@H]1CCOc1cc(Cl)ccc1C(=O)OC.COC(=O)c1ccc(Cl)cc1O.O.O=C(O)c1ccc(Cl)cc1O.[Li+].[OH-]. The molecule has 0 spiro atoms. The quantitative estimate of drug-likeness (QED) is 0.0330. The fraction of sp³-hybridized carbons (Fsp3) is 0.646. The fourth-order valence-corrected chi connectivity index (χ4v) is 25.5. The molecule has 0 amide bonds. The molecule has 3 unspecified atom stereocenters. The number of phenols is 2. The maximum Gasteiger partial charge on any atom is 1.00 e. The van der Waals surface area contributed by atoms with E-state index in [1.165, 1.54) is 183 Å². The molecule has 7 N–H and O–H groups in total. The van der Waals surface area contributed by atoms with E-state index in [-0.39, 0.29) is 116 Å². The van der Waals surface area contributed by atoms with Gasteiger partial charge in [-0.15, -0.1) is 0 Å². The van der Waals surface area contributed by atoms with Gasteiger partial charge in [-0.25, -0.2) is 19.2 Å². The van der Waals surface area contributed by atoms with Crippen molar-refractivity contribution in [1.82, 2.24) is 0 Å². The molecule has 9 aliphatic carbocycles. The maximum atomic E-state index is 12.2. The van der Waals surface area contributed by atoms with E-state index in [9.17, 15) is 29.4 Å². The van der Waals surface area contributed by atoms with E-state index < -0.39 is 23.9 Å². The van der Waals surface area contributed by atoms with Crippen LogP contribution in [0.4, 0.5) is 0 Å². The predicted octanol–water partition coefficient (Wildman–Crippen LogP) is 20.0. The molecule has 122 heavy (non-hydrogen) atoms. The van der Waals surface area contributed by atoms with E-state index in [1.54, 1.807) is 30.3 Å². The topological polar surface area (TPSA) is 303 Å². The first kappa shape index (κ1) is 101. The molecule has 4 aromatic carbocycles. The molecule has 3 heterocycles. The number of carboxylic acid groups (broad SMARTS) is 2. The van der Waals surface area contributed by atoms with Crippen molar-refractivity contribution in [3.8, 4) is 23.0 Å². The van der Waals surface area contributed by atoms with Crippen LogP contribution in [-0.2, 0) is 37.9 Å². The van der Waals surface area contributed by atoms with Gasteiger partial charge in [0.05, 0.1) is 65.6 Å². The minimum Gasteiger partial charge on any atom is -0.870 e. The zero-order valence-corrected chi connectivity index (χ0v) is 77.5. The van der Waals surface area contributed by atoms with E-state index in [1.807, 2.05) is 0 Å². The van der Waals surface area contributed by atoms with Crippen LogP contribution in [0, 0.1) is 85.8 Å². The Kier molecular flexibility index (Phi) is 35.9. The summed E-state index contributed by atoms with van der Waals surface area (Å²) in [7, 11) is 2.62. The van der Waals surface area contributed by atoms with Gasteiger partial charge in [0.15, 0.2) is 18.9 Å². The molecular formula is C96H130BrCl4LiO20. The van der Waals surface area contributed by atoms with E-state index >= 15 is 0 Å². The van der Waals surface area contributed by atoms with Crippen LogP contribution in [0.3, 0.4) is 0 Å². The summed E-state index contributed by atoms with van der Waals surface area (Å²) in [6.07, 6.45) is 32.9. The molecule has 670 valence electrons. The number of ether oxygens (including phenoxy) is 10. The van der Waals surface area contributed by atoms with Crippen molar-refractivity contribution in [1.29, 1.82) is 0 Å². The summed E-state index contributed by atoms with van der Waals surface area (Å²) < 4.78 is 60.8. The Hall–Kier alpha value is -4.90. The number of hydrogen-bond donors (Lipinski definition) is 4. The van der Waals surface area contributed by atoms with Gasteiger partial charge < -0.3 is 78.7 Å². The molecule has 3 saturated heterocycles. The standard InChI is InChI=1S/C30H41ClO5.C29H39ClO5.C22H35BrO2.C8H7ClO3.C7H5ClO3.Li.2H2O/c1-19-9-12-25-29(2,15-13-26-30(25,3)18-35-28(36-26)20-7-5-6-8-20)23(19)14-16-34-24-17-21(31)10-11-22(24)27(32)33-4;1-18-8-11-24-28(2,22(18)13-15-33-23-16-20(30)9-10-21(23)26(31)32)14-12-25-29(24,3)17-34-27(35-25)19-6-4-5-7-19;1-15-8-9-18-21(2,17(15)11-13-23)12-10-19-22(18,3)14-24-20(25-19)16-6-4-5-7-16;1-12-8(11)6-3-2-5(9)4-7(6)10;8-4-1-2-5(7(10)11)6(9)3-4;;;/h10-11,17,20,23,25-26,28H,1,5-9,12-16,18H2,2-4H3;9-10,16,19,22,24-25,27H,1,4-8,11-15,17H2,2-3H3,(H,31,32);16-20H,1,4-14H2,2-3H3;2-4,10H,1H3;1-3,9H,(H,10,11);;2*1H2/q;;;;;+1;;/p-1/t23-,25?,26-,28-,29+,30+;22-,24?,25-,27-,28+,29+;17-,18?,19-,20-,21+,22+;;;;;/m111...../s1. The number of carbonyl (C=O) groups is 4. The first-order chi connectivity index (χ1) is 56.7. The molecule has 3 aliphatic heterocycles. The van der Waals surface area contributed by atoms with Gasteiger partial charge in [0.25, 0.3) is 0 Å². The number of hydrogen-bond acceptors (Lipinski definition) is 17. The van der Waals surface area contributed by atoms with E-state index in [2.05, 4.69) is 81.9 Å². The average molecular weight is 1830 g/mol. The number of rotatable bonds is 17. The third kappa shape index (κ3) is 21.8. The fourth-order valence-electron chi connectivity index (χ4n) is 24.4. The number of aromatic hydroxyl groups is 2. The summed E-state index contributed by atoms with van der Waals surface area (Å²) in [6, 6.07) is 17.7. The first-order valence-corrected chi connectivity index (χ1v) is 46.2. The molecule has 12 fully saturated rings. The van der Waals surface area contributed by atoms with Crippen LogP contribution in [0.2, 0.25) is 20.1 Å². The van der Waals surface area contributed by atoms with Crippen LogP contribution in [0.1, 0.15) is 256 Å². The van der Waals surface area contributed by atoms with Crippen LogP contribution < -0.4 is 28.3 Å². The first-order valence-electron chi connectivity index (χ1n) is 43.6. The molecule has 0 radical (unpaired) electrons. The molecule has 0 aromatic heterocycles. The number of fused-ring (bicyclic) bond motifs is 9. The Labute approximate surface area is 762 Å². The zero-order chi connectivity index (χ0) is 85.5. The van der Waals surface area contributed by atoms with Gasteiger partial charge in [-0.3, -0.25) is 0 Å². The maximum absolute atomic E-state index is 12.2. The third-order valence-electron chi connectivity index (χ3n) is 30.7. The zero-order valence-electron chi connectivity index (χ0n) is 72.9. The number of carbonyl (C=O) groups excluding carboxylic acids is 2. The Balaban J connectivity index is 0.000000183. The number of phenolic OH excluding ortho intramolecular Hbond substituents is 1. The number of halogens is 5. The van der Waals surface area contributed by atoms with Gasteiger partial charge in [-0.05, 0) is 259 Å². The van der Waals surface area contributed by atoms with Crippen molar-refractivity contribution in [2.45, 2.75) is 252 Å². The number of esters is 2. The average Bonchev–Trinajstić information content (AvgIpc) is 1.31. The number of aromatic carboxylic acids is 2. The van der Waals surface area contributed by atoms with Gasteiger partial charge >= 0.3 is 42.7 Å². The van der Waals surface area contributed by atoms with E-state index in [4.69, 9.17) is 99.2 Å². The van der Waals surface area contributed by atoms with Crippen molar-refractivity contribution in [2.24, 2.45) is 85.8 Å². The van der Waals surface area contributed by atoms with Gasteiger partial charge in [0, 0.05) is 59.4 Å². The van der Waals surface area contributed by atoms with Crippen LogP contribution >= 0.6 is 62.3 Å². The van der Waals surface area contributed by atoms with Crippen molar-refractivity contribution in [3.05, 3.63) is 152 Å². The second kappa shape index (κ2) is 43.5. The third-order valence-corrected chi connectivity index (χ3v) is 32.1. The van der Waals surface area contributed by atoms with Gasteiger partial charge in [0.2, 0.25) is 0 Å². The Morgan fingerprint density at radius 1 is 0.434 bits per heavy atom. The number of methoxy groups -OCH3 is 2. The Morgan fingerprint density at radius 3 is 1.05 bits per heavy atom. The normalized spacial score (nSPS) is 33.3. The molecular weight excluding hydrogens is 1700 g/mol. The van der Waals surface area contributed by atoms with Gasteiger partial charge in [-0.1, -0.05) is 179 Å². The number of carboxylic acids is 2. The monoisotopic (exact) mass is 1830 g/mol. The molecule has 16 rings (SSSR count). The van der Waals surface area contributed by atoms with Crippen LogP contribution in [0.25, 0.3) is 0 Å². The summed E-state index contributed by atoms with van der Waals surface area (Å²) in [5.74, 6) is 1.93. The van der Waals surface area contributed by atoms with Crippen LogP contribution in [0.15, 0.2) is 109 Å². The van der Waals surface area contributed by atoms with Gasteiger partial charge in [0.1, 0.15) is 45.3 Å². The van der Waals surface area contributed by atoms with E-state index in [0.29, 0.717) is 115 Å². The summed E-state index contributed by atoms with van der Waals surface area (Å²) in [4.78, 5) is 45.0. The molecule has 4 aromatic rings. The molecule has 20 nitrogen and oxygen atoms in total. The molecule has 12 aliphatic rings. The minimum absolute atomic E-state index is 0. The number of allylic oxidation sites excluding steroid dienone is 3. The van der Waals surface area contributed by atoms with Crippen molar-refractivity contribution in [2.75, 3.05) is 52.6 Å². The van der Waals surface area contributed by atoms with Crippen LogP contribution in [-0.4, -0.2) is 145 Å². The second-order valence-electron chi connectivity index (χ2n) is 37.6. The van der Waals surface area contributed by atoms with Crippen molar-refractivity contribution in [3.63, 3.8) is 0 Å².